The lowest BCUT2D eigenvalue weighted by molar-refractivity contribution is -0.137. The summed E-state index contributed by atoms with van der Waals surface area (Å²) in [5.41, 5.74) is -0.889. The van der Waals surface area contributed by atoms with Crippen molar-refractivity contribution in [2.75, 3.05) is 5.32 Å². The number of Topliss-reactive ketones (excluding diaryl/α,β-unsaturated/α-hetero) is 1. The number of carbonyl (C=O) groups is 2. The second kappa shape index (κ2) is 5.51. The number of alkyl halides is 3. The van der Waals surface area contributed by atoms with Crippen LogP contribution in [0.1, 0.15) is 18.9 Å². The van der Waals surface area contributed by atoms with Gasteiger partial charge < -0.3 is 5.32 Å². The van der Waals surface area contributed by atoms with Crippen molar-refractivity contribution in [1.82, 2.24) is 0 Å². The number of hydrogen-bond acceptors (Lipinski definition) is 2. The van der Waals surface area contributed by atoms with Gasteiger partial charge in [-0.25, -0.2) is 0 Å². The third-order valence-corrected chi connectivity index (χ3v) is 2.67. The number of nitrogens with one attached hydrogen (secondary N) is 1. The molecule has 0 aliphatic rings. The Labute approximate surface area is 109 Å². The number of hydrogen-bond donors (Lipinski definition) is 1. The number of anilines is 1. The number of rotatable bonds is 3. The highest BCUT2D eigenvalue weighted by molar-refractivity contribution is 9.10. The first-order valence-corrected chi connectivity index (χ1v) is 5.65. The van der Waals surface area contributed by atoms with E-state index in [1.165, 1.54) is 13.0 Å². The molecule has 1 aromatic rings. The van der Waals surface area contributed by atoms with Gasteiger partial charge in [0.1, 0.15) is 5.78 Å². The summed E-state index contributed by atoms with van der Waals surface area (Å²) in [4.78, 5) is 22.0. The summed E-state index contributed by atoms with van der Waals surface area (Å²) in [5.74, 6) is -1.02. The van der Waals surface area contributed by atoms with E-state index in [1.807, 2.05) is 0 Å². The molecular weight excluding hydrogens is 315 g/mol. The van der Waals surface area contributed by atoms with E-state index < -0.39 is 17.6 Å². The van der Waals surface area contributed by atoms with Crippen LogP contribution in [0.3, 0.4) is 0 Å². The van der Waals surface area contributed by atoms with Crippen LogP contribution in [0.5, 0.6) is 0 Å². The van der Waals surface area contributed by atoms with Gasteiger partial charge in [0.05, 0.1) is 17.7 Å². The first-order chi connectivity index (χ1) is 8.20. The van der Waals surface area contributed by atoms with Crippen molar-refractivity contribution in [3.8, 4) is 0 Å². The first-order valence-electron chi connectivity index (χ1n) is 4.86. The molecule has 3 nitrogen and oxygen atoms in total. The number of ketones is 1. The fraction of sp³-hybridized carbons (Fsp3) is 0.273. The Morgan fingerprint density at radius 2 is 1.94 bits per heavy atom. The van der Waals surface area contributed by atoms with Gasteiger partial charge in [-0.15, -0.1) is 0 Å². The molecule has 0 heterocycles. The third-order valence-electron chi connectivity index (χ3n) is 1.98. The molecule has 0 fully saturated rings. The Hall–Kier alpha value is -1.37. The second-order valence-electron chi connectivity index (χ2n) is 3.62. The van der Waals surface area contributed by atoms with Gasteiger partial charge >= 0.3 is 6.18 Å². The fourth-order valence-electron chi connectivity index (χ4n) is 1.22. The van der Waals surface area contributed by atoms with E-state index in [9.17, 15) is 22.8 Å². The lowest BCUT2D eigenvalue weighted by Crippen LogP contribution is -2.16. The SMILES string of the molecule is CC(=O)CC(=O)Nc1cc(C(F)(F)F)ccc1Br. The van der Waals surface area contributed by atoms with Crippen molar-refractivity contribution >= 4 is 33.3 Å². The van der Waals surface area contributed by atoms with Gasteiger partial charge in [-0.1, -0.05) is 0 Å². The molecule has 0 unspecified atom stereocenters. The monoisotopic (exact) mass is 323 g/mol. The van der Waals surface area contributed by atoms with Gasteiger partial charge in [0, 0.05) is 4.47 Å². The number of halogens is 4. The number of benzene rings is 1. The van der Waals surface area contributed by atoms with Crippen molar-refractivity contribution in [2.45, 2.75) is 19.5 Å². The summed E-state index contributed by atoms with van der Waals surface area (Å²) in [6.07, 6.45) is -4.86. The molecule has 1 amide bonds. The summed E-state index contributed by atoms with van der Waals surface area (Å²) < 4.78 is 37.7. The molecule has 0 aliphatic heterocycles. The van der Waals surface area contributed by atoms with Crippen LogP contribution in [0.25, 0.3) is 0 Å². The molecule has 1 N–H and O–H groups in total. The fourth-order valence-corrected chi connectivity index (χ4v) is 1.56. The van der Waals surface area contributed by atoms with E-state index >= 15 is 0 Å². The molecule has 0 saturated heterocycles. The second-order valence-corrected chi connectivity index (χ2v) is 4.47. The molecule has 1 aromatic carbocycles. The van der Waals surface area contributed by atoms with Gasteiger partial charge in [0.2, 0.25) is 5.91 Å². The van der Waals surface area contributed by atoms with Crippen LogP contribution in [0.4, 0.5) is 18.9 Å². The smallest absolute Gasteiger partial charge is 0.325 e. The average molecular weight is 324 g/mol. The molecule has 18 heavy (non-hydrogen) atoms. The summed E-state index contributed by atoms with van der Waals surface area (Å²) >= 11 is 3.02. The quantitative estimate of drug-likeness (QED) is 0.867. The molecule has 98 valence electrons. The summed E-state index contributed by atoms with van der Waals surface area (Å²) in [7, 11) is 0. The Morgan fingerprint density at radius 3 is 2.44 bits per heavy atom. The largest absolute Gasteiger partial charge is 0.416 e. The Kier molecular flexibility index (Phi) is 4.50. The zero-order chi connectivity index (χ0) is 13.9. The lowest BCUT2D eigenvalue weighted by atomic mass is 10.2. The summed E-state index contributed by atoms with van der Waals surface area (Å²) in [6.45, 7) is 1.22. The van der Waals surface area contributed by atoms with E-state index in [1.54, 1.807) is 0 Å². The van der Waals surface area contributed by atoms with Gasteiger partial charge in [-0.2, -0.15) is 13.2 Å². The number of carbonyl (C=O) groups excluding carboxylic acids is 2. The normalized spacial score (nSPS) is 11.2. The molecule has 0 spiro atoms. The van der Waals surface area contributed by atoms with E-state index in [0.29, 0.717) is 4.47 Å². The highest BCUT2D eigenvalue weighted by Gasteiger charge is 2.31. The Bertz CT molecular complexity index is 486. The maximum atomic E-state index is 12.5. The molecule has 0 bridgehead atoms. The van der Waals surface area contributed by atoms with Crippen molar-refractivity contribution in [2.24, 2.45) is 0 Å². The van der Waals surface area contributed by atoms with Gasteiger partial charge in [0.15, 0.2) is 0 Å². The van der Waals surface area contributed by atoms with Crippen molar-refractivity contribution < 1.29 is 22.8 Å². The molecule has 7 heteroatoms. The maximum Gasteiger partial charge on any atom is 0.416 e. The minimum absolute atomic E-state index is 0.0175. The third kappa shape index (κ3) is 4.14. The zero-order valence-electron chi connectivity index (χ0n) is 9.27. The van der Waals surface area contributed by atoms with E-state index in [0.717, 1.165) is 12.1 Å². The Morgan fingerprint density at radius 1 is 1.33 bits per heavy atom. The highest BCUT2D eigenvalue weighted by atomic mass is 79.9. The zero-order valence-corrected chi connectivity index (χ0v) is 10.9. The maximum absolute atomic E-state index is 12.5. The van der Waals surface area contributed by atoms with Crippen molar-refractivity contribution in [3.05, 3.63) is 28.2 Å². The molecule has 0 aliphatic carbocycles. The van der Waals surface area contributed by atoms with Crippen LogP contribution in [0, 0.1) is 0 Å². The molecule has 0 radical (unpaired) electrons. The van der Waals surface area contributed by atoms with Crippen LogP contribution in [-0.4, -0.2) is 11.7 Å². The predicted molar refractivity (Wildman–Crippen MR) is 63.1 cm³/mol. The minimum Gasteiger partial charge on any atom is -0.325 e. The first kappa shape index (κ1) is 14.7. The summed E-state index contributed by atoms with van der Waals surface area (Å²) in [6, 6.07) is 2.89. The van der Waals surface area contributed by atoms with Crippen LogP contribution >= 0.6 is 15.9 Å². The highest BCUT2D eigenvalue weighted by Crippen LogP contribution is 2.33. The lowest BCUT2D eigenvalue weighted by Gasteiger charge is -2.11. The van der Waals surface area contributed by atoms with Crippen LogP contribution < -0.4 is 5.32 Å². The van der Waals surface area contributed by atoms with Crippen molar-refractivity contribution in [3.63, 3.8) is 0 Å². The van der Waals surface area contributed by atoms with E-state index in [4.69, 9.17) is 0 Å². The van der Waals surface area contributed by atoms with E-state index in [2.05, 4.69) is 21.2 Å². The van der Waals surface area contributed by atoms with Gasteiger partial charge in [-0.05, 0) is 41.1 Å². The van der Waals surface area contributed by atoms with Crippen LogP contribution in [0.2, 0.25) is 0 Å². The molecule has 0 atom stereocenters. The van der Waals surface area contributed by atoms with Crippen LogP contribution in [-0.2, 0) is 15.8 Å². The van der Waals surface area contributed by atoms with Gasteiger partial charge in [0.25, 0.3) is 0 Å². The predicted octanol–water partition coefficient (Wildman–Crippen LogP) is 3.39. The minimum atomic E-state index is -4.49. The molecule has 0 aromatic heterocycles. The average Bonchev–Trinajstić information content (AvgIpc) is 2.18. The summed E-state index contributed by atoms with van der Waals surface area (Å²) in [5, 5.41) is 2.25. The topological polar surface area (TPSA) is 46.2 Å². The molecular formula is C11H9BrF3NO2. The molecule has 0 saturated carbocycles. The van der Waals surface area contributed by atoms with Gasteiger partial charge in [-0.3, -0.25) is 9.59 Å². The molecule has 1 rings (SSSR count). The number of amides is 1. The van der Waals surface area contributed by atoms with Crippen LogP contribution in [0.15, 0.2) is 22.7 Å². The Balaban J connectivity index is 2.95. The standard InChI is InChI=1S/C11H9BrF3NO2/c1-6(17)4-10(18)16-9-5-7(11(13,14)15)2-3-8(9)12/h2-3,5H,4H2,1H3,(H,16,18). The van der Waals surface area contributed by atoms with Crippen molar-refractivity contribution in [1.29, 1.82) is 0 Å². The van der Waals surface area contributed by atoms with E-state index in [-0.39, 0.29) is 17.9 Å².